The fraction of sp³-hybridized carbons (Fsp3) is 0.333. The van der Waals surface area contributed by atoms with E-state index >= 15 is 0 Å². The van der Waals surface area contributed by atoms with E-state index in [1.807, 2.05) is 26.2 Å². The Morgan fingerprint density at radius 2 is 2.19 bits per heavy atom. The minimum absolute atomic E-state index is 0.165. The van der Waals surface area contributed by atoms with E-state index in [9.17, 15) is 4.79 Å². The Morgan fingerprint density at radius 3 is 2.84 bits per heavy atom. The fourth-order valence-electron chi connectivity index (χ4n) is 3.86. The first-order valence-corrected chi connectivity index (χ1v) is 9.98. The van der Waals surface area contributed by atoms with Gasteiger partial charge in [-0.2, -0.15) is 15.2 Å². The summed E-state index contributed by atoms with van der Waals surface area (Å²) >= 11 is 0. The number of rotatable bonds is 3. The van der Waals surface area contributed by atoms with Gasteiger partial charge in [-0.25, -0.2) is 4.58 Å². The molecule has 0 bridgehead atoms. The van der Waals surface area contributed by atoms with Gasteiger partial charge in [0.15, 0.2) is 11.5 Å². The van der Waals surface area contributed by atoms with E-state index < -0.39 is 5.92 Å². The monoisotopic (exact) mass is 416 g/mol. The van der Waals surface area contributed by atoms with Crippen LogP contribution in [0.3, 0.4) is 0 Å². The standard InChI is InChI=1S/C21H21N9O/c1-12-10-15(27-26-12)25-20(31)16-14(5-4-13-6-9-29(3)28-13)30(21(2)7-8-21)19-17(16)18(22)23-11-24-19/h6,9-11,16,28H,7-8H2,1-3H3,(H2,22,23,24)/p+1. The molecule has 1 amide bonds. The molecule has 1 unspecified atom stereocenters. The van der Waals surface area contributed by atoms with Crippen molar-refractivity contribution in [3.05, 3.63) is 41.6 Å². The Labute approximate surface area is 178 Å². The molecular formula is C21H22N9O+. The molecule has 31 heavy (non-hydrogen) atoms. The van der Waals surface area contributed by atoms with Crippen LogP contribution in [0.1, 0.15) is 42.6 Å². The Bertz CT molecular complexity index is 1300. The Hall–Kier alpha value is -4.00. The predicted octanol–water partition coefficient (Wildman–Crippen LogP) is 1.25. The highest BCUT2D eigenvalue weighted by Crippen LogP contribution is 2.48. The topological polar surface area (TPSA) is 130 Å². The van der Waals surface area contributed by atoms with Crippen molar-refractivity contribution in [2.24, 2.45) is 7.05 Å². The summed E-state index contributed by atoms with van der Waals surface area (Å²) in [6.45, 7) is 4.00. The van der Waals surface area contributed by atoms with Gasteiger partial charge in [-0.15, -0.1) is 0 Å². The lowest BCUT2D eigenvalue weighted by molar-refractivity contribution is -0.496. The third-order valence-corrected chi connectivity index (χ3v) is 5.67. The molecule has 4 N–H and O–H groups in total. The summed E-state index contributed by atoms with van der Waals surface area (Å²) in [5.74, 6) is 6.61. The van der Waals surface area contributed by atoms with E-state index in [0.717, 1.165) is 18.5 Å². The minimum atomic E-state index is -0.748. The zero-order valence-electron chi connectivity index (χ0n) is 17.5. The van der Waals surface area contributed by atoms with Gasteiger partial charge in [0.2, 0.25) is 12.2 Å². The summed E-state index contributed by atoms with van der Waals surface area (Å²) < 4.78 is 3.74. The summed E-state index contributed by atoms with van der Waals surface area (Å²) in [5.41, 5.74) is 8.73. The van der Waals surface area contributed by atoms with Gasteiger partial charge in [0.25, 0.3) is 0 Å². The number of nitrogens with one attached hydrogen (secondary N) is 2. The Morgan fingerprint density at radius 1 is 1.39 bits per heavy atom. The van der Waals surface area contributed by atoms with Crippen LogP contribution in [0, 0.1) is 18.8 Å². The Balaban J connectivity index is 1.65. The molecule has 0 aromatic carbocycles. The number of amides is 1. The number of hydrogen-bond acceptors (Lipinski definition) is 6. The normalized spacial score (nSPS) is 18.4. The van der Waals surface area contributed by atoms with Crippen LogP contribution in [-0.2, 0) is 11.8 Å². The molecule has 1 aliphatic heterocycles. The number of carbonyl (C=O) groups is 1. The summed E-state index contributed by atoms with van der Waals surface area (Å²) in [6.07, 6.45) is 5.19. The molecule has 5 rings (SSSR count). The SMILES string of the molecule is Cc1cc(NC(=O)C2C(C#Cc3ccn(C)n3)=[N+](C3(C)CC3)c3ncnc(N)c32)n[nH]1. The number of aromatic nitrogens is 6. The molecule has 0 saturated heterocycles. The van der Waals surface area contributed by atoms with Crippen LogP contribution in [0.15, 0.2) is 24.7 Å². The van der Waals surface area contributed by atoms with Gasteiger partial charge >= 0.3 is 5.82 Å². The maximum Gasteiger partial charge on any atom is 0.334 e. The van der Waals surface area contributed by atoms with Crippen LogP contribution >= 0.6 is 0 Å². The molecule has 0 radical (unpaired) electrons. The lowest BCUT2D eigenvalue weighted by Gasteiger charge is -2.11. The number of aryl methyl sites for hydroxylation is 2. The molecule has 4 heterocycles. The first-order chi connectivity index (χ1) is 14.9. The largest absolute Gasteiger partial charge is 0.383 e. The number of carbonyl (C=O) groups excluding carboxylic acids is 1. The molecule has 3 aromatic rings. The summed E-state index contributed by atoms with van der Waals surface area (Å²) in [6, 6.07) is 3.59. The van der Waals surface area contributed by atoms with Crippen LogP contribution in [0.2, 0.25) is 0 Å². The van der Waals surface area contributed by atoms with Gasteiger partial charge in [-0.05, 0) is 49.6 Å². The van der Waals surface area contributed by atoms with Crippen LogP contribution in [0.4, 0.5) is 17.5 Å². The van der Waals surface area contributed by atoms with Crippen LogP contribution in [0.5, 0.6) is 0 Å². The van der Waals surface area contributed by atoms with Crippen LogP contribution in [-0.4, -0.2) is 51.7 Å². The molecule has 156 valence electrons. The summed E-state index contributed by atoms with van der Waals surface area (Å²) in [5, 5.41) is 14.1. The second-order valence-corrected chi connectivity index (χ2v) is 8.20. The molecule has 0 spiro atoms. The number of nitrogens with two attached hydrogens (primary N) is 1. The maximum atomic E-state index is 13.4. The van der Waals surface area contributed by atoms with E-state index in [2.05, 4.69) is 53.9 Å². The first-order valence-electron chi connectivity index (χ1n) is 9.98. The Kier molecular flexibility index (Phi) is 4.15. The van der Waals surface area contributed by atoms with Crippen molar-refractivity contribution in [1.29, 1.82) is 0 Å². The van der Waals surface area contributed by atoms with E-state index in [1.165, 1.54) is 6.33 Å². The number of aromatic amines is 1. The van der Waals surface area contributed by atoms with Crippen molar-refractivity contribution in [1.82, 2.24) is 29.9 Å². The second kappa shape index (κ2) is 6.77. The van der Waals surface area contributed by atoms with Gasteiger partial charge in [0, 0.05) is 25.0 Å². The number of hydrogen-bond donors (Lipinski definition) is 3. The molecule has 3 aromatic heterocycles. The number of nitrogen functional groups attached to an aromatic ring is 1. The molecule has 1 atom stereocenters. The van der Waals surface area contributed by atoms with Crippen LogP contribution < -0.4 is 11.1 Å². The number of anilines is 2. The van der Waals surface area contributed by atoms with Crippen molar-refractivity contribution >= 4 is 29.1 Å². The smallest absolute Gasteiger partial charge is 0.334 e. The van der Waals surface area contributed by atoms with Gasteiger partial charge in [-0.1, -0.05) is 0 Å². The molecule has 1 fully saturated rings. The van der Waals surface area contributed by atoms with E-state index in [0.29, 0.717) is 28.6 Å². The van der Waals surface area contributed by atoms with Gasteiger partial charge in [0.1, 0.15) is 28.5 Å². The quantitative estimate of drug-likeness (QED) is 0.435. The van der Waals surface area contributed by atoms with Crippen molar-refractivity contribution in [2.45, 2.75) is 38.1 Å². The van der Waals surface area contributed by atoms with Gasteiger partial charge in [-0.3, -0.25) is 14.6 Å². The van der Waals surface area contributed by atoms with Gasteiger partial charge < -0.3 is 11.1 Å². The number of fused-ring (bicyclic) bond motifs is 1. The van der Waals surface area contributed by atoms with Crippen molar-refractivity contribution in [2.75, 3.05) is 11.1 Å². The molecule has 10 nitrogen and oxygen atoms in total. The molecule has 1 saturated carbocycles. The summed E-state index contributed by atoms with van der Waals surface area (Å²) in [7, 11) is 1.83. The third kappa shape index (κ3) is 3.24. The lowest BCUT2D eigenvalue weighted by Crippen LogP contribution is -2.31. The second-order valence-electron chi connectivity index (χ2n) is 8.20. The fourth-order valence-corrected chi connectivity index (χ4v) is 3.86. The van der Waals surface area contributed by atoms with Gasteiger partial charge in [0.05, 0.1) is 0 Å². The third-order valence-electron chi connectivity index (χ3n) is 5.67. The van der Waals surface area contributed by atoms with E-state index in [-0.39, 0.29) is 17.3 Å². The maximum absolute atomic E-state index is 13.4. The van der Waals surface area contributed by atoms with Crippen molar-refractivity contribution in [3.63, 3.8) is 0 Å². The van der Waals surface area contributed by atoms with E-state index in [1.54, 1.807) is 10.7 Å². The minimum Gasteiger partial charge on any atom is -0.383 e. The lowest BCUT2D eigenvalue weighted by atomic mass is 9.96. The first kappa shape index (κ1) is 19.0. The highest BCUT2D eigenvalue weighted by molar-refractivity contribution is 6.20. The van der Waals surface area contributed by atoms with E-state index in [4.69, 9.17) is 5.73 Å². The number of nitrogens with zero attached hydrogens (tertiary/aromatic N) is 6. The zero-order valence-corrected chi connectivity index (χ0v) is 17.5. The highest BCUT2D eigenvalue weighted by Gasteiger charge is 2.56. The molecule has 10 heteroatoms. The predicted molar refractivity (Wildman–Crippen MR) is 114 cm³/mol. The average Bonchev–Trinajstić information content (AvgIpc) is 3.06. The van der Waals surface area contributed by atoms with Crippen molar-refractivity contribution in [3.8, 4) is 11.8 Å². The molecule has 1 aliphatic carbocycles. The number of H-pyrrole nitrogens is 1. The summed E-state index contributed by atoms with van der Waals surface area (Å²) in [4.78, 5) is 22.1. The molecular weight excluding hydrogens is 394 g/mol. The molecule has 2 aliphatic rings. The van der Waals surface area contributed by atoms with Crippen molar-refractivity contribution < 1.29 is 9.37 Å². The average molecular weight is 416 g/mol. The van der Waals surface area contributed by atoms with Crippen LogP contribution in [0.25, 0.3) is 0 Å². The zero-order chi connectivity index (χ0) is 21.8. The highest BCUT2D eigenvalue weighted by atomic mass is 16.2.